The Labute approximate surface area is 112 Å². The highest BCUT2D eigenvalue weighted by atomic mass is 16.5. The van der Waals surface area contributed by atoms with Crippen molar-refractivity contribution in [2.45, 2.75) is 33.2 Å². The van der Waals surface area contributed by atoms with E-state index >= 15 is 0 Å². The lowest BCUT2D eigenvalue weighted by atomic mass is 10.1. The van der Waals surface area contributed by atoms with Gasteiger partial charge >= 0.3 is 5.97 Å². The normalized spacial score (nSPS) is 10.1. The lowest BCUT2D eigenvalue weighted by molar-refractivity contribution is -0.138. The highest BCUT2D eigenvalue weighted by molar-refractivity contribution is 5.80. The van der Waals surface area contributed by atoms with Gasteiger partial charge in [0.15, 0.2) is 0 Å². The molecule has 0 spiro atoms. The summed E-state index contributed by atoms with van der Waals surface area (Å²) in [7, 11) is 1.63. The van der Waals surface area contributed by atoms with Crippen LogP contribution < -0.4 is 10.1 Å². The number of carboxylic acids is 1. The van der Waals surface area contributed by atoms with Gasteiger partial charge in [-0.1, -0.05) is 12.1 Å². The van der Waals surface area contributed by atoms with E-state index in [2.05, 4.69) is 5.32 Å². The van der Waals surface area contributed by atoms with Gasteiger partial charge in [-0.15, -0.1) is 0 Å². The number of methoxy groups -OCH3 is 1. The zero-order valence-corrected chi connectivity index (χ0v) is 11.4. The molecule has 0 bridgehead atoms. The molecular weight excluding hydrogens is 246 g/mol. The van der Waals surface area contributed by atoms with Crippen LogP contribution in [-0.2, 0) is 16.1 Å². The third-order valence-corrected chi connectivity index (χ3v) is 2.78. The number of hydrogen-bond donors (Lipinski definition) is 2. The van der Waals surface area contributed by atoms with Gasteiger partial charge in [-0.2, -0.15) is 0 Å². The first kappa shape index (κ1) is 15.0. The van der Waals surface area contributed by atoms with Crippen molar-refractivity contribution in [2.24, 2.45) is 0 Å². The SMILES string of the molecule is COc1c(C)cc(CNC(=O)CCC(=O)O)cc1C. The summed E-state index contributed by atoms with van der Waals surface area (Å²) < 4.78 is 5.27. The third kappa shape index (κ3) is 4.62. The molecule has 0 fully saturated rings. The number of aryl methyl sites for hydroxylation is 2. The Morgan fingerprint density at radius 1 is 1.21 bits per heavy atom. The van der Waals surface area contributed by atoms with Crippen molar-refractivity contribution >= 4 is 11.9 Å². The van der Waals surface area contributed by atoms with Gasteiger partial charge in [0.25, 0.3) is 0 Å². The fraction of sp³-hybridized carbons (Fsp3) is 0.429. The molecule has 0 unspecified atom stereocenters. The van der Waals surface area contributed by atoms with Crippen LogP contribution in [0.4, 0.5) is 0 Å². The van der Waals surface area contributed by atoms with Crippen molar-refractivity contribution in [3.8, 4) is 5.75 Å². The molecule has 5 heteroatoms. The predicted molar refractivity (Wildman–Crippen MR) is 71.2 cm³/mol. The lowest BCUT2D eigenvalue weighted by Crippen LogP contribution is -2.23. The molecule has 1 amide bonds. The summed E-state index contributed by atoms with van der Waals surface area (Å²) in [6.45, 7) is 4.29. The van der Waals surface area contributed by atoms with Gasteiger partial charge < -0.3 is 15.2 Å². The number of carboxylic acid groups (broad SMARTS) is 1. The van der Waals surface area contributed by atoms with Crippen molar-refractivity contribution in [1.82, 2.24) is 5.32 Å². The molecule has 2 N–H and O–H groups in total. The average molecular weight is 265 g/mol. The number of rotatable bonds is 6. The third-order valence-electron chi connectivity index (χ3n) is 2.78. The lowest BCUT2D eigenvalue weighted by Gasteiger charge is -2.12. The fourth-order valence-electron chi connectivity index (χ4n) is 1.97. The first-order chi connectivity index (χ1) is 8.93. The molecule has 0 aliphatic carbocycles. The van der Waals surface area contributed by atoms with Crippen molar-refractivity contribution in [3.05, 3.63) is 28.8 Å². The Morgan fingerprint density at radius 2 is 1.79 bits per heavy atom. The molecule has 0 saturated carbocycles. The Kier molecular flexibility index (Phi) is 5.36. The molecule has 19 heavy (non-hydrogen) atoms. The maximum Gasteiger partial charge on any atom is 0.303 e. The first-order valence-electron chi connectivity index (χ1n) is 6.06. The number of amides is 1. The maximum atomic E-state index is 11.4. The van der Waals surface area contributed by atoms with E-state index in [0.717, 1.165) is 22.4 Å². The van der Waals surface area contributed by atoms with E-state index < -0.39 is 5.97 Å². The molecule has 0 radical (unpaired) electrons. The van der Waals surface area contributed by atoms with E-state index in [-0.39, 0.29) is 18.7 Å². The molecule has 1 rings (SSSR count). The number of nitrogens with one attached hydrogen (secondary N) is 1. The number of aliphatic carboxylic acids is 1. The molecular formula is C14H19NO4. The second-order valence-electron chi connectivity index (χ2n) is 4.43. The van der Waals surface area contributed by atoms with Crippen LogP contribution in [0.5, 0.6) is 5.75 Å². The van der Waals surface area contributed by atoms with Crippen LogP contribution in [0.1, 0.15) is 29.5 Å². The Balaban J connectivity index is 2.59. The number of benzene rings is 1. The van der Waals surface area contributed by atoms with Crippen LogP contribution in [0.15, 0.2) is 12.1 Å². The van der Waals surface area contributed by atoms with Gasteiger partial charge in [-0.05, 0) is 30.5 Å². The summed E-state index contributed by atoms with van der Waals surface area (Å²) in [4.78, 5) is 21.8. The molecule has 1 aromatic rings. The maximum absolute atomic E-state index is 11.4. The molecule has 0 aromatic heterocycles. The number of carbonyl (C=O) groups is 2. The summed E-state index contributed by atoms with van der Waals surface area (Å²) in [5.41, 5.74) is 2.99. The molecule has 104 valence electrons. The van der Waals surface area contributed by atoms with Gasteiger partial charge in [0.1, 0.15) is 5.75 Å². The first-order valence-corrected chi connectivity index (χ1v) is 6.06. The second-order valence-corrected chi connectivity index (χ2v) is 4.43. The number of carbonyl (C=O) groups excluding carboxylic acids is 1. The minimum absolute atomic E-state index is 0.00342. The molecule has 5 nitrogen and oxygen atoms in total. The van der Waals surface area contributed by atoms with E-state index in [1.54, 1.807) is 7.11 Å². The van der Waals surface area contributed by atoms with Crippen LogP contribution in [-0.4, -0.2) is 24.1 Å². The second kappa shape index (κ2) is 6.78. The van der Waals surface area contributed by atoms with E-state index in [0.29, 0.717) is 6.54 Å². The summed E-state index contributed by atoms with van der Waals surface area (Å²) >= 11 is 0. The standard InChI is InChI=1S/C14H19NO4/c1-9-6-11(7-10(2)14(9)19-3)8-15-12(16)4-5-13(17)18/h6-7H,4-5,8H2,1-3H3,(H,15,16)(H,17,18). The molecule has 0 aliphatic rings. The van der Waals surface area contributed by atoms with Crippen LogP contribution >= 0.6 is 0 Å². The Morgan fingerprint density at radius 3 is 2.26 bits per heavy atom. The summed E-state index contributed by atoms with van der Waals surface area (Å²) in [5, 5.41) is 11.2. The Hall–Kier alpha value is -2.04. The zero-order chi connectivity index (χ0) is 14.4. The van der Waals surface area contributed by atoms with Crippen molar-refractivity contribution < 1.29 is 19.4 Å². The number of hydrogen-bond acceptors (Lipinski definition) is 3. The van der Waals surface area contributed by atoms with Gasteiger partial charge in [-0.3, -0.25) is 9.59 Å². The molecule has 0 atom stereocenters. The number of ether oxygens (including phenoxy) is 1. The smallest absolute Gasteiger partial charge is 0.303 e. The summed E-state index contributed by atoms with van der Waals surface area (Å²) in [6, 6.07) is 3.90. The van der Waals surface area contributed by atoms with E-state index in [9.17, 15) is 9.59 Å². The van der Waals surface area contributed by atoms with Gasteiger partial charge in [0.2, 0.25) is 5.91 Å². The summed E-state index contributed by atoms with van der Waals surface area (Å²) in [6.07, 6.45) is -0.143. The van der Waals surface area contributed by atoms with Crippen LogP contribution in [0, 0.1) is 13.8 Å². The van der Waals surface area contributed by atoms with E-state index in [4.69, 9.17) is 9.84 Å². The van der Waals surface area contributed by atoms with Crippen molar-refractivity contribution in [3.63, 3.8) is 0 Å². The quantitative estimate of drug-likeness (QED) is 0.822. The highest BCUT2D eigenvalue weighted by Gasteiger charge is 2.08. The van der Waals surface area contributed by atoms with Crippen LogP contribution in [0.3, 0.4) is 0 Å². The Bertz CT molecular complexity index is 459. The minimum atomic E-state index is -0.966. The largest absolute Gasteiger partial charge is 0.496 e. The highest BCUT2D eigenvalue weighted by Crippen LogP contribution is 2.24. The topological polar surface area (TPSA) is 75.6 Å². The van der Waals surface area contributed by atoms with Crippen LogP contribution in [0.25, 0.3) is 0 Å². The molecule has 0 aliphatic heterocycles. The van der Waals surface area contributed by atoms with Gasteiger partial charge in [-0.25, -0.2) is 0 Å². The average Bonchev–Trinajstić information content (AvgIpc) is 2.33. The monoisotopic (exact) mass is 265 g/mol. The van der Waals surface area contributed by atoms with E-state index in [1.807, 2.05) is 26.0 Å². The molecule has 0 saturated heterocycles. The van der Waals surface area contributed by atoms with Gasteiger partial charge in [0.05, 0.1) is 13.5 Å². The van der Waals surface area contributed by atoms with Crippen molar-refractivity contribution in [2.75, 3.05) is 7.11 Å². The minimum Gasteiger partial charge on any atom is -0.496 e. The van der Waals surface area contributed by atoms with Crippen LogP contribution in [0.2, 0.25) is 0 Å². The van der Waals surface area contributed by atoms with Gasteiger partial charge in [0, 0.05) is 13.0 Å². The predicted octanol–water partition coefficient (Wildman–Crippen LogP) is 1.79. The summed E-state index contributed by atoms with van der Waals surface area (Å²) in [5.74, 6) is -0.374. The van der Waals surface area contributed by atoms with Crippen molar-refractivity contribution in [1.29, 1.82) is 0 Å². The van der Waals surface area contributed by atoms with E-state index in [1.165, 1.54) is 0 Å². The molecule has 0 heterocycles. The fourth-order valence-corrected chi connectivity index (χ4v) is 1.97. The molecule has 1 aromatic carbocycles. The zero-order valence-electron chi connectivity index (χ0n) is 11.4.